The van der Waals surface area contributed by atoms with Gasteiger partial charge in [0, 0.05) is 14.9 Å². The number of halogens is 4. The second-order valence-corrected chi connectivity index (χ2v) is 7.37. The van der Waals surface area contributed by atoms with E-state index in [1.807, 2.05) is 6.07 Å². The van der Waals surface area contributed by atoms with Crippen LogP contribution in [0.25, 0.3) is 0 Å². The van der Waals surface area contributed by atoms with Gasteiger partial charge in [0.1, 0.15) is 11.9 Å². The summed E-state index contributed by atoms with van der Waals surface area (Å²) < 4.78 is 15.4. The van der Waals surface area contributed by atoms with E-state index < -0.39 is 6.10 Å². The fourth-order valence-corrected chi connectivity index (χ4v) is 3.96. The predicted octanol–water partition coefficient (Wildman–Crippen LogP) is 5.26. The zero-order chi connectivity index (χ0) is 12.6. The Morgan fingerprint density at radius 1 is 1.24 bits per heavy atom. The Morgan fingerprint density at radius 2 is 1.94 bits per heavy atom. The van der Waals surface area contributed by atoms with Crippen LogP contribution in [0.1, 0.15) is 16.5 Å². The maximum atomic E-state index is 13.4. The predicted molar refractivity (Wildman–Crippen MR) is 77.9 cm³/mol. The molecule has 0 bridgehead atoms. The molecule has 1 unspecified atom stereocenters. The van der Waals surface area contributed by atoms with Crippen LogP contribution in [-0.2, 0) is 0 Å². The van der Waals surface area contributed by atoms with Gasteiger partial charge in [-0.25, -0.2) is 4.39 Å². The summed E-state index contributed by atoms with van der Waals surface area (Å²) in [6, 6.07) is 6.44. The number of thiophene rings is 1. The van der Waals surface area contributed by atoms with E-state index in [0.29, 0.717) is 10.0 Å². The summed E-state index contributed by atoms with van der Waals surface area (Å²) in [5, 5.41) is 10.2. The van der Waals surface area contributed by atoms with Crippen molar-refractivity contribution in [1.29, 1.82) is 0 Å². The summed E-state index contributed by atoms with van der Waals surface area (Å²) in [6.07, 6.45) is -0.840. The maximum absolute atomic E-state index is 13.4. The summed E-state index contributed by atoms with van der Waals surface area (Å²) >= 11 is 11.3. The van der Waals surface area contributed by atoms with E-state index in [1.54, 1.807) is 12.1 Å². The van der Waals surface area contributed by atoms with E-state index in [4.69, 9.17) is 0 Å². The highest BCUT2D eigenvalue weighted by molar-refractivity contribution is 9.13. The molecule has 1 aromatic carbocycles. The molecule has 0 aliphatic heterocycles. The van der Waals surface area contributed by atoms with Crippen molar-refractivity contribution in [3.05, 3.63) is 53.3 Å². The van der Waals surface area contributed by atoms with Gasteiger partial charge < -0.3 is 5.11 Å². The average Bonchev–Trinajstić information content (AvgIpc) is 2.62. The molecule has 1 N–H and O–H groups in total. The van der Waals surface area contributed by atoms with Crippen LogP contribution in [0.5, 0.6) is 0 Å². The van der Waals surface area contributed by atoms with Crippen molar-refractivity contribution in [2.75, 3.05) is 0 Å². The molecule has 0 radical (unpaired) electrons. The third kappa shape index (κ3) is 2.81. The van der Waals surface area contributed by atoms with Crippen LogP contribution in [0.2, 0.25) is 0 Å². The minimum Gasteiger partial charge on any atom is -0.383 e. The molecule has 1 aromatic heterocycles. The smallest absolute Gasteiger partial charge is 0.137 e. The number of aliphatic hydroxyl groups excluding tert-OH is 1. The molecule has 6 heteroatoms. The zero-order valence-corrected chi connectivity index (χ0v) is 13.8. The molecular formula is C11H6Br3FOS. The Labute approximate surface area is 127 Å². The molecule has 2 rings (SSSR count). The van der Waals surface area contributed by atoms with Gasteiger partial charge in [0.25, 0.3) is 0 Å². The molecule has 1 heterocycles. The minimum absolute atomic E-state index is 0.299. The molecule has 2 aromatic rings. The largest absolute Gasteiger partial charge is 0.383 e. The van der Waals surface area contributed by atoms with Gasteiger partial charge in [0.2, 0.25) is 0 Å². The fraction of sp³-hybridized carbons (Fsp3) is 0.0909. The van der Waals surface area contributed by atoms with Crippen molar-refractivity contribution in [2.45, 2.75) is 6.10 Å². The molecule has 1 atom stereocenters. The molecule has 17 heavy (non-hydrogen) atoms. The highest BCUT2D eigenvalue weighted by Crippen LogP contribution is 2.39. The van der Waals surface area contributed by atoms with E-state index in [-0.39, 0.29) is 5.82 Å². The molecule has 0 saturated heterocycles. The van der Waals surface area contributed by atoms with Crippen molar-refractivity contribution in [3.63, 3.8) is 0 Å². The number of hydrogen-bond donors (Lipinski definition) is 1. The number of hydrogen-bond acceptors (Lipinski definition) is 2. The molecule has 0 aliphatic carbocycles. The summed E-state index contributed by atoms with van der Waals surface area (Å²) in [5.41, 5.74) is 0.520. The number of aliphatic hydroxyl groups is 1. The lowest BCUT2D eigenvalue weighted by atomic mass is 10.1. The maximum Gasteiger partial charge on any atom is 0.137 e. The van der Waals surface area contributed by atoms with Crippen LogP contribution in [0.3, 0.4) is 0 Å². The van der Waals surface area contributed by atoms with Crippen molar-refractivity contribution >= 4 is 59.1 Å². The van der Waals surface area contributed by atoms with Gasteiger partial charge in [0.05, 0.1) is 8.26 Å². The average molecular weight is 445 g/mol. The molecule has 90 valence electrons. The molecular weight excluding hydrogens is 439 g/mol. The van der Waals surface area contributed by atoms with E-state index in [2.05, 4.69) is 47.8 Å². The number of benzene rings is 1. The topological polar surface area (TPSA) is 20.2 Å². The SMILES string of the molecule is OC(c1cc(Br)c(Br)s1)c1cccc(F)c1Br. The molecule has 1 nitrogen and oxygen atoms in total. The monoisotopic (exact) mass is 442 g/mol. The molecule has 0 aliphatic rings. The van der Waals surface area contributed by atoms with Gasteiger partial charge >= 0.3 is 0 Å². The third-order valence-corrected chi connectivity index (χ3v) is 6.36. The summed E-state index contributed by atoms with van der Waals surface area (Å²) in [6.45, 7) is 0. The second kappa shape index (κ2) is 5.48. The lowest BCUT2D eigenvalue weighted by molar-refractivity contribution is 0.222. The van der Waals surface area contributed by atoms with Gasteiger partial charge in [-0.15, -0.1) is 11.3 Å². The normalized spacial score (nSPS) is 12.8. The van der Waals surface area contributed by atoms with Crippen molar-refractivity contribution in [1.82, 2.24) is 0 Å². The van der Waals surface area contributed by atoms with Crippen LogP contribution in [0, 0.1) is 5.82 Å². The molecule has 0 fully saturated rings. The Morgan fingerprint density at radius 3 is 2.53 bits per heavy atom. The lowest BCUT2D eigenvalue weighted by Crippen LogP contribution is -1.99. The standard InChI is InChI=1S/C11H6Br3FOS/c12-6-4-8(17-11(6)14)10(16)5-2-1-3-7(15)9(5)13/h1-4,10,16H. The first-order valence-corrected chi connectivity index (χ1v) is 7.77. The van der Waals surface area contributed by atoms with Gasteiger partial charge in [-0.1, -0.05) is 12.1 Å². The van der Waals surface area contributed by atoms with Crippen LogP contribution in [0.15, 0.2) is 37.0 Å². The quantitative estimate of drug-likeness (QED) is 0.670. The van der Waals surface area contributed by atoms with Gasteiger partial charge in [-0.3, -0.25) is 0 Å². The van der Waals surface area contributed by atoms with E-state index >= 15 is 0 Å². The first-order chi connectivity index (χ1) is 8.00. The van der Waals surface area contributed by atoms with Crippen molar-refractivity contribution < 1.29 is 9.50 Å². The summed E-state index contributed by atoms with van der Waals surface area (Å²) in [7, 11) is 0. The molecule has 0 saturated carbocycles. The second-order valence-electron chi connectivity index (χ2n) is 3.32. The number of rotatable bonds is 2. The third-order valence-electron chi connectivity index (χ3n) is 2.21. The van der Waals surface area contributed by atoms with E-state index in [1.165, 1.54) is 17.4 Å². The van der Waals surface area contributed by atoms with Crippen molar-refractivity contribution in [2.24, 2.45) is 0 Å². The Balaban J connectivity index is 2.43. The van der Waals surface area contributed by atoms with E-state index in [0.717, 1.165) is 13.1 Å². The Hall–Kier alpha value is 0.250. The zero-order valence-electron chi connectivity index (χ0n) is 8.25. The fourth-order valence-electron chi connectivity index (χ4n) is 1.38. The van der Waals surface area contributed by atoms with Gasteiger partial charge in [0.15, 0.2) is 0 Å². The first kappa shape index (κ1) is 13.7. The highest BCUT2D eigenvalue weighted by atomic mass is 79.9. The minimum atomic E-state index is -0.840. The first-order valence-electron chi connectivity index (χ1n) is 4.57. The van der Waals surface area contributed by atoms with Gasteiger partial charge in [-0.2, -0.15) is 0 Å². The summed E-state index contributed by atoms with van der Waals surface area (Å²) in [4.78, 5) is 0.745. The molecule has 0 spiro atoms. The van der Waals surface area contributed by atoms with Crippen LogP contribution in [-0.4, -0.2) is 5.11 Å². The van der Waals surface area contributed by atoms with E-state index in [9.17, 15) is 9.50 Å². The Kier molecular flexibility index (Phi) is 4.41. The highest BCUT2D eigenvalue weighted by Gasteiger charge is 2.18. The van der Waals surface area contributed by atoms with Crippen molar-refractivity contribution in [3.8, 4) is 0 Å². The van der Waals surface area contributed by atoms with Gasteiger partial charge in [-0.05, 0) is 59.9 Å². The van der Waals surface area contributed by atoms with Crippen LogP contribution in [0.4, 0.5) is 4.39 Å². The Bertz CT molecular complexity index is 536. The molecule has 0 amide bonds. The lowest BCUT2D eigenvalue weighted by Gasteiger charge is -2.11. The van der Waals surface area contributed by atoms with Crippen LogP contribution >= 0.6 is 59.1 Å². The summed E-state index contributed by atoms with van der Waals surface area (Å²) in [5.74, 6) is -0.378. The van der Waals surface area contributed by atoms with Crippen LogP contribution < -0.4 is 0 Å².